The van der Waals surface area contributed by atoms with Gasteiger partial charge in [-0.15, -0.1) is 0 Å². The molecule has 1 fully saturated rings. The van der Waals surface area contributed by atoms with E-state index in [0.29, 0.717) is 24.4 Å². The van der Waals surface area contributed by atoms with E-state index in [0.717, 1.165) is 31.7 Å². The third kappa shape index (κ3) is 4.59. The van der Waals surface area contributed by atoms with Crippen LogP contribution in [0.5, 0.6) is 5.75 Å². The third-order valence-corrected chi connectivity index (χ3v) is 4.68. The third-order valence-electron chi connectivity index (χ3n) is 4.68. The minimum absolute atomic E-state index is 0.241. The first kappa shape index (κ1) is 18.4. The average molecular weight is 355 g/mol. The molecule has 0 saturated carbocycles. The van der Waals surface area contributed by atoms with Gasteiger partial charge in [0.15, 0.2) is 6.10 Å². The molecule has 1 aliphatic rings. The van der Waals surface area contributed by atoms with Crippen molar-refractivity contribution in [3.8, 4) is 5.75 Å². The van der Waals surface area contributed by atoms with E-state index in [1.54, 1.807) is 42.5 Å². The number of amides is 1. The Hall–Kier alpha value is -2.44. The first-order valence-corrected chi connectivity index (χ1v) is 8.90. The number of aliphatic hydroxyl groups is 1. The standard InChI is InChI=1S/C20H25N3O3/c1-26-18-8-6-16(7-9-18)19(24)20(25)23-12-4-11-22(13-14-23)15-17-5-2-3-10-21-17/h2-3,5-10,19,24H,4,11-15H2,1H3. The Bertz CT molecular complexity index is 706. The number of carbonyl (C=O) groups excluding carboxylic acids is 1. The lowest BCUT2D eigenvalue weighted by molar-refractivity contribution is -0.140. The zero-order valence-corrected chi connectivity index (χ0v) is 15.0. The highest BCUT2D eigenvalue weighted by atomic mass is 16.5. The van der Waals surface area contributed by atoms with Crippen molar-refractivity contribution >= 4 is 5.91 Å². The molecule has 3 rings (SSSR count). The van der Waals surface area contributed by atoms with Gasteiger partial charge in [-0.05, 0) is 36.2 Å². The highest BCUT2D eigenvalue weighted by Crippen LogP contribution is 2.20. The minimum atomic E-state index is -1.14. The summed E-state index contributed by atoms with van der Waals surface area (Å²) in [4.78, 5) is 21.1. The lowest BCUT2D eigenvalue weighted by atomic mass is 10.1. The smallest absolute Gasteiger partial charge is 0.256 e. The van der Waals surface area contributed by atoms with Crippen LogP contribution >= 0.6 is 0 Å². The molecule has 1 saturated heterocycles. The minimum Gasteiger partial charge on any atom is -0.497 e. The number of aliphatic hydroxyl groups excluding tert-OH is 1. The maximum Gasteiger partial charge on any atom is 0.256 e. The molecule has 1 aromatic carbocycles. The number of hydrogen-bond acceptors (Lipinski definition) is 5. The summed E-state index contributed by atoms with van der Waals surface area (Å²) in [7, 11) is 1.59. The molecule has 6 nitrogen and oxygen atoms in total. The van der Waals surface area contributed by atoms with Gasteiger partial charge in [0.05, 0.1) is 12.8 Å². The van der Waals surface area contributed by atoms with E-state index in [4.69, 9.17) is 4.74 Å². The van der Waals surface area contributed by atoms with Crippen LogP contribution < -0.4 is 4.74 Å². The van der Waals surface area contributed by atoms with Crippen LogP contribution in [0, 0.1) is 0 Å². The Kier molecular flexibility index (Phi) is 6.20. The SMILES string of the molecule is COc1ccc(C(O)C(=O)N2CCCN(Cc3ccccn3)CC2)cc1. The molecule has 1 aromatic heterocycles. The highest BCUT2D eigenvalue weighted by Gasteiger charge is 2.26. The van der Waals surface area contributed by atoms with Gasteiger partial charge >= 0.3 is 0 Å². The fourth-order valence-corrected chi connectivity index (χ4v) is 3.17. The Morgan fingerprint density at radius 3 is 2.65 bits per heavy atom. The average Bonchev–Trinajstić information content (AvgIpc) is 2.93. The van der Waals surface area contributed by atoms with Gasteiger partial charge in [-0.25, -0.2) is 0 Å². The fraction of sp³-hybridized carbons (Fsp3) is 0.400. The number of benzene rings is 1. The van der Waals surface area contributed by atoms with Crippen molar-refractivity contribution in [2.24, 2.45) is 0 Å². The van der Waals surface area contributed by atoms with Crippen LogP contribution in [-0.2, 0) is 11.3 Å². The van der Waals surface area contributed by atoms with E-state index in [2.05, 4.69) is 9.88 Å². The topological polar surface area (TPSA) is 65.9 Å². The first-order valence-electron chi connectivity index (χ1n) is 8.90. The molecular weight excluding hydrogens is 330 g/mol. The predicted octanol–water partition coefficient (Wildman–Crippen LogP) is 1.86. The van der Waals surface area contributed by atoms with Crippen molar-refractivity contribution < 1.29 is 14.6 Å². The summed E-state index contributed by atoms with van der Waals surface area (Å²) in [6.45, 7) is 3.74. The summed E-state index contributed by atoms with van der Waals surface area (Å²) in [5.41, 5.74) is 1.62. The van der Waals surface area contributed by atoms with Gasteiger partial charge in [0.25, 0.3) is 5.91 Å². The molecule has 2 aromatic rings. The van der Waals surface area contributed by atoms with Crippen molar-refractivity contribution in [2.45, 2.75) is 19.1 Å². The monoisotopic (exact) mass is 355 g/mol. The number of hydrogen-bond donors (Lipinski definition) is 1. The van der Waals surface area contributed by atoms with Crippen molar-refractivity contribution in [2.75, 3.05) is 33.3 Å². The summed E-state index contributed by atoms with van der Waals surface area (Å²) in [6, 6.07) is 12.9. The van der Waals surface area contributed by atoms with Gasteiger partial charge in [0.2, 0.25) is 0 Å². The van der Waals surface area contributed by atoms with E-state index < -0.39 is 6.10 Å². The number of ether oxygens (including phenoxy) is 1. The Morgan fingerprint density at radius 1 is 1.15 bits per heavy atom. The summed E-state index contributed by atoms with van der Waals surface area (Å²) in [6.07, 6.45) is 1.55. The molecule has 0 bridgehead atoms. The molecule has 1 N–H and O–H groups in total. The molecule has 2 heterocycles. The number of nitrogens with zero attached hydrogens (tertiary/aromatic N) is 3. The maximum absolute atomic E-state index is 12.7. The molecule has 1 unspecified atom stereocenters. The normalized spacial score (nSPS) is 16.8. The lowest BCUT2D eigenvalue weighted by Crippen LogP contribution is -2.38. The second-order valence-electron chi connectivity index (χ2n) is 6.45. The van der Waals surface area contributed by atoms with E-state index in [1.165, 1.54) is 0 Å². The number of carbonyl (C=O) groups is 1. The van der Waals surface area contributed by atoms with E-state index in [1.807, 2.05) is 18.2 Å². The van der Waals surface area contributed by atoms with Crippen molar-refractivity contribution in [3.63, 3.8) is 0 Å². The molecule has 0 spiro atoms. The Balaban J connectivity index is 1.58. The number of methoxy groups -OCH3 is 1. The Labute approximate surface area is 154 Å². The number of rotatable bonds is 5. The van der Waals surface area contributed by atoms with Gasteiger partial charge in [-0.2, -0.15) is 0 Å². The molecule has 138 valence electrons. The molecule has 1 aliphatic heterocycles. The van der Waals surface area contributed by atoms with Gasteiger partial charge in [-0.3, -0.25) is 14.7 Å². The first-order chi connectivity index (χ1) is 12.7. The van der Waals surface area contributed by atoms with Crippen molar-refractivity contribution in [1.29, 1.82) is 0 Å². The number of pyridine rings is 1. The molecule has 0 aliphatic carbocycles. The maximum atomic E-state index is 12.7. The van der Waals surface area contributed by atoms with Crippen molar-refractivity contribution in [3.05, 3.63) is 59.9 Å². The predicted molar refractivity (Wildman–Crippen MR) is 98.7 cm³/mol. The van der Waals surface area contributed by atoms with E-state index >= 15 is 0 Å². The Morgan fingerprint density at radius 2 is 1.96 bits per heavy atom. The van der Waals surface area contributed by atoms with Crippen LogP contribution in [0.3, 0.4) is 0 Å². The molecule has 0 radical (unpaired) electrons. The van der Waals surface area contributed by atoms with Crippen LogP contribution in [0.15, 0.2) is 48.7 Å². The van der Waals surface area contributed by atoms with Crippen LogP contribution in [0.4, 0.5) is 0 Å². The molecule has 1 amide bonds. The molecule has 6 heteroatoms. The zero-order chi connectivity index (χ0) is 18.4. The second-order valence-corrected chi connectivity index (χ2v) is 6.45. The fourth-order valence-electron chi connectivity index (χ4n) is 3.17. The van der Waals surface area contributed by atoms with Crippen molar-refractivity contribution in [1.82, 2.24) is 14.8 Å². The second kappa shape index (κ2) is 8.78. The van der Waals surface area contributed by atoms with Crippen LogP contribution in [-0.4, -0.2) is 59.1 Å². The largest absolute Gasteiger partial charge is 0.497 e. The quantitative estimate of drug-likeness (QED) is 0.887. The summed E-state index contributed by atoms with van der Waals surface area (Å²) >= 11 is 0. The molecule has 26 heavy (non-hydrogen) atoms. The molecular formula is C20H25N3O3. The highest BCUT2D eigenvalue weighted by molar-refractivity contribution is 5.82. The summed E-state index contributed by atoms with van der Waals surface area (Å²) in [5.74, 6) is 0.461. The summed E-state index contributed by atoms with van der Waals surface area (Å²) < 4.78 is 5.12. The van der Waals surface area contributed by atoms with Gasteiger partial charge in [0, 0.05) is 38.9 Å². The molecule has 1 atom stereocenters. The van der Waals surface area contributed by atoms with Crippen LogP contribution in [0.2, 0.25) is 0 Å². The van der Waals surface area contributed by atoms with Gasteiger partial charge in [-0.1, -0.05) is 18.2 Å². The zero-order valence-electron chi connectivity index (χ0n) is 15.0. The van der Waals surface area contributed by atoms with E-state index in [9.17, 15) is 9.90 Å². The van der Waals surface area contributed by atoms with Crippen LogP contribution in [0.25, 0.3) is 0 Å². The lowest BCUT2D eigenvalue weighted by Gasteiger charge is -2.24. The number of aromatic nitrogens is 1. The van der Waals surface area contributed by atoms with E-state index in [-0.39, 0.29) is 5.91 Å². The van der Waals surface area contributed by atoms with Gasteiger partial charge < -0.3 is 14.7 Å². The van der Waals surface area contributed by atoms with Crippen LogP contribution in [0.1, 0.15) is 23.8 Å². The summed E-state index contributed by atoms with van der Waals surface area (Å²) in [5, 5.41) is 10.4. The van der Waals surface area contributed by atoms with Gasteiger partial charge in [0.1, 0.15) is 5.75 Å².